The number of hydrogen-bond acceptors (Lipinski definition) is 5. The Morgan fingerprint density at radius 1 is 1.15 bits per heavy atom. The minimum Gasteiger partial charge on any atom is -0.451 e. The van der Waals surface area contributed by atoms with Crippen LogP contribution in [0.25, 0.3) is 11.8 Å². The van der Waals surface area contributed by atoms with Crippen molar-refractivity contribution in [3.8, 4) is 5.69 Å². The lowest BCUT2D eigenvalue weighted by atomic mass is 10.0. The van der Waals surface area contributed by atoms with E-state index in [1.807, 2.05) is 30.3 Å². The van der Waals surface area contributed by atoms with Crippen LogP contribution in [-0.2, 0) is 20.7 Å². The molecule has 1 aromatic heterocycles. The summed E-state index contributed by atoms with van der Waals surface area (Å²) in [6.45, 7) is 5.45. The van der Waals surface area contributed by atoms with Gasteiger partial charge in [0.2, 0.25) is 11.7 Å². The van der Waals surface area contributed by atoms with E-state index in [2.05, 4.69) is 5.10 Å². The van der Waals surface area contributed by atoms with Gasteiger partial charge in [-0.3, -0.25) is 9.59 Å². The number of halogens is 1. The highest BCUT2D eigenvalue weighted by Crippen LogP contribution is 2.29. The molecule has 0 saturated heterocycles. The Labute approximate surface area is 202 Å². The van der Waals surface area contributed by atoms with Crippen molar-refractivity contribution in [2.45, 2.75) is 33.3 Å². The molecule has 0 aliphatic carbocycles. The summed E-state index contributed by atoms with van der Waals surface area (Å²) in [7, 11) is 0. The SMILES string of the molecule is CC(=O)N1CCc2cc(C(=O)C(C)OC(=O)/C=C/c3c(C)nn(-c4ccccc4)c3Cl)ccc21. The summed E-state index contributed by atoms with van der Waals surface area (Å²) in [4.78, 5) is 38.6. The van der Waals surface area contributed by atoms with E-state index in [4.69, 9.17) is 16.3 Å². The summed E-state index contributed by atoms with van der Waals surface area (Å²) in [5, 5.41) is 4.80. The van der Waals surface area contributed by atoms with Crippen LogP contribution in [0.3, 0.4) is 0 Å². The molecule has 34 heavy (non-hydrogen) atoms. The zero-order chi connectivity index (χ0) is 24.4. The average Bonchev–Trinajstić information content (AvgIpc) is 3.37. The number of aryl methyl sites for hydroxylation is 1. The number of Topliss-reactive ketones (excluding diaryl/α,β-unsaturated/α-hetero) is 1. The van der Waals surface area contributed by atoms with Gasteiger partial charge in [0.1, 0.15) is 5.15 Å². The first-order chi connectivity index (χ1) is 16.3. The Balaban J connectivity index is 1.43. The van der Waals surface area contributed by atoms with Gasteiger partial charge in [0.25, 0.3) is 0 Å². The standard InChI is InChI=1S/C26H24ClN3O4/c1-16-22(26(27)30(28-16)21-7-5-4-6-8-21)10-12-24(32)34-17(2)25(33)20-9-11-23-19(15-20)13-14-29(23)18(3)31/h4-12,15,17H,13-14H2,1-3H3/b12-10+. The number of fused-ring (bicyclic) bond motifs is 1. The highest BCUT2D eigenvalue weighted by Gasteiger charge is 2.25. The molecule has 1 unspecified atom stereocenters. The van der Waals surface area contributed by atoms with Crippen LogP contribution in [-0.4, -0.2) is 40.1 Å². The van der Waals surface area contributed by atoms with Gasteiger partial charge in [-0.25, -0.2) is 9.48 Å². The fourth-order valence-electron chi connectivity index (χ4n) is 3.98. The van der Waals surface area contributed by atoms with Crippen molar-refractivity contribution in [1.29, 1.82) is 0 Å². The molecule has 174 valence electrons. The highest BCUT2D eigenvalue weighted by atomic mass is 35.5. The quantitative estimate of drug-likeness (QED) is 0.295. The molecule has 4 rings (SSSR count). The fraction of sp³-hybridized carbons (Fsp3) is 0.231. The molecule has 0 bridgehead atoms. The van der Waals surface area contributed by atoms with E-state index in [-0.39, 0.29) is 11.7 Å². The Kier molecular flexibility index (Phi) is 6.65. The summed E-state index contributed by atoms with van der Waals surface area (Å²) < 4.78 is 6.92. The van der Waals surface area contributed by atoms with Gasteiger partial charge in [-0.05, 0) is 62.2 Å². The van der Waals surface area contributed by atoms with Crippen LogP contribution in [0.5, 0.6) is 0 Å². The average molecular weight is 478 g/mol. The van der Waals surface area contributed by atoms with Crippen molar-refractivity contribution in [2.24, 2.45) is 0 Å². The number of ketones is 1. The minimum absolute atomic E-state index is 0.0310. The van der Waals surface area contributed by atoms with E-state index in [1.165, 1.54) is 26.0 Å². The third kappa shape index (κ3) is 4.65. The van der Waals surface area contributed by atoms with Crippen LogP contribution in [0.1, 0.15) is 41.0 Å². The molecule has 2 heterocycles. The predicted molar refractivity (Wildman–Crippen MR) is 130 cm³/mol. The number of ether oxygens (including phenoxy) is 1. The second-order valence-corrected chi connectivity index (χ2v) is 8.44. The van der Waals surface area contributed by atoms with E-state index in [0.717, 1.165) is 16.9 Å². The predicted octanol–water partition coefficient (Wildman–Crippen LogP) is 4.57. The minimum atomic E-state index is -0.968. The molecule has 0 N–H and O–H groups in total. The molecule has 2 aromatic carbocycles. The lowest BCUT2D eigenvalue weighted by Gasteiger charge is -2.15. The molecule has 1 amide bonds. The lowest BCUT2D eigenvalue weighted by molar-refractivity contribution is -0.140. The number of aromatic nitrogens is 2. The van der Waals surface area contributed by atoms with Crippen LogP contribution in [0, 0.1) is 6.92 Å². The van der Waals surface area contributed by atoms with Crippen molar-refractivity contribution < 1.29 is 19.1 Å². The third-order valence-corrected chi connectivity index (χ3v) is 6.10. The Morgan fingerprint density at radius 3 is 2.59 bits per heavy atom. The normalized spacial score (nSPS) is 13.7. The number of rotatable bonds is 6. The molecular weight excluding hydrogens is 454 g/mol. The molecule has 7 nitrogen and oxygen atoms in total. The van der Waals surface area contributed by atoms with E-state index in [1.54, 1.807) is 34.7 Å². The van der Waals surface area contributed by atoms with Crippen LogP contribution >= 0.6 is 11.6 Å². The van der Waals surface area contributed by atoms with Crippen molar-refractivity contribution in [2.75, 3.05) is 11.4 Å². The number of amides is 1. The molecule has 0 spiro atoms. The maximum absolute atomic E-state index is 12.8. The van der Waals surface area contributed by atoms with E-state index < -0.39 is 12.1 Å². The van der Waals surface area contributed by atoms with Gasteiger partial charge >= 0.3 is 5.97 Å². The topological polar surface area (TPSA) is 81.5 Å². The molecule has 1 aliphatic rings. The van der Waals surface area contributed by atoms with Crippen LogP contribution in [0.2, 0.25) is 5.15 Å². The van der Waals surface area contributed by atoms with Crippen molar-refractivity contribution in [3.63, 3.8) is 0 Å². The highest BCUT2D eigenvalue weighted by molar-refractivity contribution is 6.31. The molecule has 1 aliphatic heterocycles. The van der Waals surface area contributed by atoms with Gasteiger partial charge in [-0.15, -0.1) is 0 Å². The second kappa shape index (κ2) is 9.65. The monoisotopic (exact) mass is 477 g/mol. The largest absolute Gasteiger partial charge is 0.451 e. The molecule has 0 radical (unpaired) electrons. The van der Waals surface area contributed by atoms with Crippen LogP contribution in [0.4, 0.5) is 5.69 Å². The van der Waals surface area contributed by atoms with Gasteiger partial charge in [-0.1, -0.05) is 29.8 Å². The Morgan fingerprint density at radius 2 is 1.88 bits per heavy atom. The molecule has 1 atom stereocenters. The molecule has 0 saturated carbocycles. The van der Waals surface area contributed by atoms with Gasteiger partial charge in [-0.2, -0.15) is 5.10 Å². The fourth-order valence-corrected chi connectivity index (χ4v) is 4.31. The number of esters is 1. The molecule has 3 aromatic rings. The third-order valence-electron chi connectivity index (χ3n) is 5.74. The van der Waals surface area contributed by atoms with E-state index in [0.29, 0.717) is 34.9 Å². The van der Waals surface area contributed by atoms with E-state index >= 15 is 0 Å². The number of carbonyl (C=O) groups is 3. The first-order valence-corrected chi connectivity index (χ1v) is 11.3. The zero-order valence-electron chi connectivity index (χ0n) is 19.1. The van der Waals surface area contributed by atoms with Crippen molar-refractivity contribution >= 4 is 41.0 Å². The number of anilines is 1. The first-order valence-electron chi connectivity index (χ1n) is 10.9. The lowest BCUT2D eigenvalue weighted by Crippen LogP contribution is -2.26. The smallest absolute Gasteiger partial charge is 0.331 e. The first kappa shape index (κ1) is 23.4. The van der Waals surface area contributed by atoms with Crippen LogP contribution < -0.4 is 4.90 Å². The molecule has 8 heteroatoms. The summed E-state index contributed by atoms with van der Waals surface area (Å²) in [5.41, 5.74) is 4.24. The summed E-state index contributed by atoms with van der Waals surface area (Å²) in [5.74, 6) is -0.999. The summed E-state index contributed by atoms with van der Waals surface area (Å²) in [6.07, 6.45) is 2.49. The zero-order valence-corrected chi connectivity index (χ0v) is 19.9. The number of hydrogen-bond donors (Lipinski definition) is 0. The van der Waals surface area contributed by atoms with Gasteiger partial charge in [0.05, 0.1) is 11.4 Å². The number of para-hydroxylation sites is 1. The van der Waals surface area contributed by atoms with Crippen molar-refractivity contribution in [3.05, 3.63) is 82.1 Å². The molecular formula is C26H24ClN3O4. The maximum atomic E-state index is 12.8. The van der Waals surface area contributed by atoms with E-state index in [9.17, 15) is 14.4 Å². The number of nitrogens with zero attached hydrogens (tertiary/aromatic N) is 3. The van der Waals surface area contributed by atoms with Crippen LogP contribution in [0.15, 0.2) is 54.6 Å². The Hall–Kier alpha value is -3.71. The second-order valence-electron chi connectivity index (χ2n) is 8.08. The summed E-state index contributed by atoms with van der Waals surface area (Å²) >= 11 is 6.48. The maximum Gasteiger partial charge on any atom is 0.331 e. The number of carbonyl (C=O) groups excluding carboxylic acids is 3. The van der Waals surface area contributed by atoms with Gasteiger partial charge in [0.15, 0.2) is 6.10 Å². The summed E-state index contributed by atoms with van der Waals surface area (Å²) in [6, 6.07) is 14.6. The molecule has 0 fully saturated rings. The van der Waals surface area contributed by atoms with Gasteiger partial charge < -0.3 is 9.64 Å². The Bertz CT molecular complexity index is 1300. The van der Waals surface area contributed by atoms with Crippen molar-refractivity contribution in [1.82, 2.24) is 9.78 Å². The van der Waals surface area contributed by atoms with Gasteiger partial charge in [0, 0.05) is 36.4 Å². The number of benzene rings is 2.